The van der Waals surface area contributed by atoms with Crippen LogP contribution in [0.5, 0.6) is 0 Å². The highest BCUT2D eigenvalue weighted by Gasteiger charge is 2.30. The number of allylic oxidation sites excluding steroid dienone is 18. The molecule has 0 aromatic carbocycles. The van der Waals surface area contributed by atoms with Crippen LogP contribution in [0.2, 0.25) is 0 Å². The molecular weight excluding hydrogens is 1330 g/mol. The van der Waals surface area contributed by atoms with Crippen molar-refractivity contribution in [3.8, 4) is 0 Å². The zero-order chi connectivity index (χ0) is 74.6. The van der Waals surface area contributed by atoms with Gasteiger partial charge < -0.3 is 33.8 Å². The van der Waals surface area contributed by atoms with Gasteiger partial charge in [-0.05, 0) is 96.3 Å². The van der Waals surface area contributed by atoms with Gasteiger partial charge in [0.2, 0.25) is 0 Å². The summed E-state index contributed by atoms with van der Waals surface area (Å²) in [5, 5.41) is 10.6. The molecular formula is C83H144O17P2. The minimum absolute atomic E-state index is 0.0375. The minimum atomic E-state index is -4.99. The van der Waals surface area contributed by atoms with Crippen LogP contribution in [0.3, 0.4) is 0 Å². The maximum atomic E-state index is 13.1. The number of phosphoric ester groups is 2. The van der Waals surface area contributed by atoms with Crippen molar-refractivity contribution in [1.29, 1.82) is 0 Å². The summed E-state index contributed by atoms with van der Waals surface area (Å²) in [6.45, 7) is 4.59. The first-order chi connectivity index (χ1) is 49.7. The fourth-order valence-corrected chi connectivity index (χ4v) is 12.3. The number of aliphatic hydroxyl groups is 1. The Morgan fingerprint density at radius 3 is 0.843 bits per heavy atom. The van der Waals surface area contributed by atoms with Crippen LogP contribution in [0.25, 0.3) is 0 Å². The number of aliphatic hydroxyl groups excluding tert-OH is 1. The Kier molecular flexibility index (Phi) is 71.8. The zero-order valence-electron chi connectivity index (χ0n) is 64.3. The molecule has 102 heavy (non-hydrogen) atoms. The van der Waals surface area contributed by atoms with Crippen LogP contribution >= 0.6 is 15.6 Å². The number of unbranched alkanes of at least 4 members (excludes halogenated alkanes) is 31. The van der Waals surface area contributed by atoms with Gasteiger partial charge in [0.25, 0.3) is 0 Å². The Morgan fingerprint density at radius 1 is 0.284 bits per heavy atom. The second kappa shape index (κ2) is 75.0. The van der Waals surface area contributed by atoms with Crippen LogP contribution in [-0.4, -0.2) is 96.7 Å². The first-order valence-electron chi connectivity index (χ1n) is 40.1. The van der Waals surface area contributed by atoms with Gasteiger partial charge in [-0.1, -0.05) is 323 Å². The van der Waals surface area contributed by atoms with Crippen molar-refractivity contribution in [2.24, 2.45) is 0 Å². The number of esters is 4. The molecule has 0 aliphatic carbocycles. The normalized spacial score (nSPS) is 14.5. The van der Waals surface area contributed by atoms with Gasteiger partial charge in [0, 0.05) is 25.7 Å². The highest BCUT2D eigenvalue weighted by atomic mass is 31.2. The summed E-state index contributed by atoms with van der Waals surface area (Å²) in [4.78, 5) is 72.9. The fourth-order valence-electron chi connectivity index (χ4n) is 10.7. The molecule has 0 radical (unpaired) electrons. The van der Waals surface area contributed by atoms with Crippen LogP contribution in [0, 0.1) is 0 Å². The number of carbonyl (C=O) groups excluding carboxylic acids is 4. The van der Waals surface area contributed by atoms with E-state index < -0.39 is 97.5 Å². The van der Waals surface area contributed by atoms with Crippen molar-refractivity contribution in [2.45, 2.75) is 354 Å². The van der Waals surface area contributed by atoms with Gasteiger partial charge >= 0.3 is 39.5 Å². The molecule has 0 spiro atoms. The predicted octanol–water partition coefficient (Wildman–Crippen LogP) is 23.3. The number of hydrogen-bond acceptors (Lipinski definition) is 15. The Bertz CT molecular complexity index is 2360. The van der Waals surface area contributed by atoms with Crippen LogP contribution in [0.4, 0.5) is 0 Å². The summed E-state index contributed by atoms with van der Waals surface area (Å²) in [5.74, 6) is -2.26. The third kappa shape index (κ3) is 74.0. The maximum absolute atomic E-state index is 13.1. The molecule has 0 aliphatic rings. The molecule has 0 bridgehead atoms. The number of hydrogen-bond donors (Lipinski definition) is 3. The Balaban J connectivity index is 5.36. The number of carbonyl (C=O) groups is 4. The van der Waals surface area contributed by atoms with E-state index in [9.17, 15) is 43.2 Å². The minimum Gasteiger partial charge on any atom is -0.462 e. The van der Waals surface area contributed by atoms with E-state index in [1.807, 2.05) is 18.2 Å². The molecule has 0 aromatic rings. The molecule has 0 amide bonds. The molecule has 0 fully saturated rings. The second-order valence-electron chi connectivity index (χ2n) is 26.6. The van der Waals surface area contributed by atoms with Crippen LogP contribution in [-0.2, 0) is 65.4 Å². The van der Waals surface area contributed by atoms with E-state index in [2.05, 4.69) is 119 Å². The number of rotatable bonds is 75. The Morgan fingerprint density at radius 2 is 0.529 bits per heavy atom. The van der Waals surface area contributed by atoms with E-state index in [1.54, 1.807) is 0 Å². The molecule has 588 valence electrons. The summed E-state index contributed by atoms with van der Waals surface area (Å²) in [5.41, 5.74) is 0. The van der Waals surface area contributed by atoms with E-state index in [0.29, 0.717) is 32.1 Å². The van der Waals surface area contributed by atoms with Gasteiger partial charge in [-0.2, -0.15) is 0 Å². The second-order valence-corrected chi connectivity index (χ2v) is 29.5. The standard InChI is InChI=1S/C83H144O17P2/c1-5-9-13-17-21-25-29-32-35-37-38-40-43-45-49-52-56-60-64-68-80(85)93-73-78(99-82(87)69-65-61-57-53-47-28-24-20-16-12-8-4)75-97-101(89,90)95-71-77(84)72-96-102(91,92)98-76-79(100-83(88)70-66-62-58-54-50-46-41-34-31-27-23-19-15-11-7-3)74-94-81(86)67-63-59-55-51-48-44-42-39-36-33-30-26-22-18-14-10-6-2/h9-10,13-14,21-22,25-26,32-33,35-36,38,40,45,49,56,60,77-79,84H,5-8,11-12,15-20,23-24,27-31,34,37,39,41-44,46-48,50-55,57-59,61-76H2,1-4H3,(H,89,90)(H,91,92)/b13-9-,14-10-,25-21-,26-22-,35-32-,36-33-,40-38-,49-45-,60-56-. The van der Waals surface area contributed by atoms with Crippen LogP contribution < -0.4 is 0 Å². The van der Waals surface area contributed by atoms with Crippen LogP contribution in [0.15, 0.2) is 109 Å². The third-order valence-electron chi connectivity index (χ3n) is 16.8. The monoisotopic (exact) mass is 1470 g/mol. The molecule has 0 aromatic heterocycles. The quantitative estimate of drug-likeness (QED) is 0.0169. The van der Waals surface area contributed by atoms with Gasteiger partial charge in [-0.3, -0.25) is 37.3 Å². The van der Waals surface area contributed by atoms with E-state index in [-0.39, 0.29) is 25.7 Å². The molecule has 19 heteroatoms. The lowest BCUT2D eigenvalue weighted by Crippen LogP contribution is -2.30. The average molecular weight is 1480 g/mol. The van der Waals surface area contributed by atoms with Gasteiger partial charge in [0.05, 0.1) is 26.4 Å². The van der Waals surface area contributed by atoms with E-state index in [0.717, 1.165) is 148 Å². The summed E-state index contributed by atoms with van der Waals surface area (Å²) in [7, 11) is -9.97. The topological polar surface area (TPSA) is 237 Å². The van der Waals surface area contributed by atoms with Crippen molar-refractivity contribution in [3.05, 3.63) is 109 Å². The molecule has 5 atom stereocenters. The highest BCUT2D eigenvalue weighted by molar-refractivity contribution is 7.47. The average Bonchev–Trinajstić information content (AvgIpc) is 0.926. The van der Waals surface area contributed by atoms with E-state index in [1.165, 1.54) is 103 Å². The number of ether oxygens (including phenoxy) is 4. The largest absolute Gasteiger partial charge is 0.472 e. The lowest BCUT2D eigenvalue weighted by atomic mass is 10.0. The molecule has 3 N–H and O–H groups in total. The molecule has 0 saturated heterocycles. The first kappa shape index (κ1) is 97.7. The van der Waals surface area contributed by atoms with Gasteiger partial charge in [-0.15, -0.1) is 0 Å². The Labute approximate surface area is 619 Å². The fraction of sp³-hybridized carbons (Fsp3) is 0.735. The van der Waals surface area contributed by atoms with Crippen molar-refractivity contribution in [3.63, 3.8) is 0 Å². The van der Waals surface area contributed by atoms with Gasteiger partial charge in [0.15, 0.2) is 12.2 Å². The molecule has 0 aliphatic heterocycles. The summed E-state index contributed by atoms with van der Waals surface area (Å²) >= 11 is 0. The lowest BCUT2D eigenvalue weighted by molar-refractivity contribution is -0.161. The molecule has 0 saturated carbocycles. The molecule has 0 rings (SSSR count). The van der Waals surface area contributed by atoms with Crippen molar-refractivity contribution >= 4 is 39.5 Å². The lowest BCUT2D eigenvalue weighted by Gasteiger charge is -2.21. The molecule has 17 nitrogen and oxygen atoms in total. The zero-order valence-corrected chi connectivity index (χ0v) is 66.0. The van der Waals surface area contributed by atoms with Crippen molar-refractivity contribution in [2.75, 3.05) is 39.6 Å². The third-order valence-corrected chi connectivity index (χ3v) is 18.7. The summed E-state index contributed by atoms with van der Waals surface area (Å²) < 4.78 is 68.5. The molecule has 5 unspecified atom stereocenters. The van der Waals surface area contributed by atoms with Gasteiger partial charge in [-0.25, -0.2) is 9.13 Å². The van der Waals surface area contributed by atoms with Gasteiger partial charge in [0.1, 0.15) is 19.3 Å². The maximum Gasteiger partial charge on any atom is 0.472 e. The summed E-state index contributed by atoms with van der Waals surface area (Å²) in [6.07, 6.45) is 80.8. The predicted molar refractivity (Wildman–Crippen MR) is 418 cm³/mol. The van der Waals surface area contributed by atoms with E-state index in [4.69, 9.17) is 37.0 Å². The SMILES string of the molecule is CC/C=C\C/C=C\C/C=C\C/C=C\C/C=C\C/C=C\CCC(=O)OCC(COP(=O)(O)OCC(O)COP(=O)(O)OCC(COC(=O)CCCCCCCCC/C=C\C/C=C\C/C=C\CC)OC(=O)CCCCCCCCCCCCCCCCC)OC(=O)CCCCCCCCCCCCC. The first-order valence-corrected chi connectivity index (χ1v) is 43.1. The summed E-state index contributed by atoms with van der Waals surface area (Å²) in [6, 6.07) is 0. The molecule has 0 heterocycles. The Hall–Kier alpha value is -4.28. The van der Waals surface area contributed by atoms with Crippen molar-refractivity contribution < 1.29 is 80.2 Å². The smallest absolute Gasteiger partial charge is 0.462 e. The van der Waals surface area contributed by atoms with Crippen LogP contribution in [0.1, 0.15) is 336 Å². The highest BCUT2D eigenvalue weighted by Crippen LogP contribution is 2.45. The van der Waals surface area contributed by atoms with E-state index >= 15 is 0 Å². The number of phosphoric acid groups is 2. The van der Waals surface area contributed by atoms with Crippen molar-refractivity contribution in [1.82, 2.24) is 0 Å².